The van der Waals surface area contributed by atoms with Crippen LogP contribution >= 0.6 is 0 Å². The fraction of sp³-hybridized carbons (Fsp3) is 0.222. The van der Waals surface area contributed by atoms with Crippen LogP contribution in [0, 0.1) is 0 Å². The van der Waals surface area contributed by atoms with Gasteiger partial charge in [-0.2, -0.15) is 0 Å². The van der Waals surface area contributed by atoms with Gasteiger partial charge in [0.15, 0.2) is 5.82 Å². The van der Waals surface area contributed by atoms with Gasteiger partial charge in [-0.15, -0.1) is 0 Å². The Kier molecular flexibility index (Phi) is 2.14. The van der Waals surface area contributed by atoms with Crippen LogP contribution in [0.1, 0.15) is 0 Å². The largest absolute Gasteiger partial charge is 0.373 e. The minimum atomic E-state index is 0.790. The summed E-state index contributed by atoms with van der Waals surface area (Å²) < 4.78 is 1.92. The number of anilines is 1. The standard InChI is InChI=1S/C9H11N5/c1-10-8-5-7(12-6-13-8)9-11-3-4-14(9)2/h3-6H,1-2H3,(H,10,12,13). The Balaban J connectivity index is 2.47. The molecule has 2 heterocycles. The third-order valence-electron chi connectivity index (χ3n) is 1.97. The number of nitrogens with one attached hydrogen (secondary N) is 1. The molecule has 0 fully saturated rings. The Morgan fingerprint density at radius 3 is 2.79 bits per heavy atom. The molecule has 1 N–H and O–H groups in total. The maximum atomic E-state index is 4.21. The lowest BCUT2D eigenvalue weighted by atomic mass is 10.3. The third-order valence-corrected chi connectivity index (χ3v) is 1.97. The smallest absolute Gasteiger partial charge is 0.158 e. The van der Waals surface area contributed by atoms with Crippen LogP contribution in [-0.2, 0) is 7.05 Å². The number of hydrogen-bond acceptors (Lipinski definition) is 4. The molecular formula is C9H11N5. The normalized spacial score (nSPS) is 10.1. The van der Waals surface area contributed by atoms with E-state index in [1.54, 1.807) is 6.20 Å². The van der Waals surface area contributed by atoms with Crippen molar-refractivity contribution in [3.05, 3.63) is 24.8 Å². The summed E-state index contributed by atoms with van der Waals surface area (Å²) in [5.41, 5.74) is 0.817. The van der Waals surface area contributed by atoms with Gasteiger partial charge in [0.2, 0.25) is 0 Å². The van der Waals surface area contributed by atoms with Crippen LogP contribution < -0.4 is 5.32 Å². The Labute approximate surface area is 81.8 Å². The van der Waals surface area contributed by atoms with Crippen LogP contribution in [0.15, 0.2) is 24.8 Å². The molecule has 5 nitrogen and oxygen atoms in total. The van der Waals surface area contributed by atoms with E-state index < -0.39 is 0 Å². The summed E-state index contributed by atoms with van der Waals surface area (Å²) in [6.45, 7) is 0. The SMILES string of the molecule is CNc1cc(-c2nccn2C)ncn1. The van der Waals surface area contributed by atoms with Crippen molar-refractivity contribution < 1.29 is 0 Å². The first-order valence-electron chi connectivity index (χ1n) is 4.29. The Morgan fingerprint density at radius 2 is 2.14 bits per heavy atom. The van der Waals surface area contributed by atoms with Crippen molar-refractivity contribution in [1.29, 1.82) is 0 Å². The summed E-state index contributed by atoms with van der Waals surface area (Å²) in [6, 6.07) is 1.86. The molecular weight excluding hydrogens is 178 g/mol. The van der Waals surface area contributed by atoms with E-state index >= 15 is 0 Å². The van der Waals surface area contributed by atoms with E-state index in [9.17, 15) is 0 Å². The predicted octanol–water partition coefficient (Wildman–Crippen LogP) is 0.919. The van der Waals surface area contributed by atoms with Crippen molar-refractivity contribution in [2.24, 2.45) is 7.05 Å². The third kappa shape index (κ3) is 1.44. The predicted molar refractivity (Wildman–Crippen MR) is 53.8 cm³/mol. The molecule has 72 valence electrons. The van der Waals surface area contributed by atoms with Gasteiger partial charge in [0.25, 0.3) is 0 Å². The van der Waals surface area contributed by atoms with Crippen LogP contribution in [0.4, 0.5) is 5.82 Å². The second-order valence-electron chi connectivity index (χ2n) is 2.90. The number of nitrogens with zero attached hydrogens (tertiary/aromatic N) is 4. The molecule has 5 heteroatoms. The molecule has 0 aliphatic heterocycles. The molecule has 0 aliphatic rings. The van der Waals surface area contributed by atoms with Crippen LogP contribution in [-0.4, -0.2) is 26.6 Å². The van der Waals surface area contributed by atoms with Crippen molar-refractivity contribution >= 4 is 5.82 Å². The number of aryl methyl sites for hydroxylation is 1. The van der Waals surface area contributed by atoms with Crippen LogP contribution in [0.2, 0.25) is 0 Å². The molecule has 0 atom stereocenters. The van der Waals surface area contributed by atoms with Crippen molar-refractivity contribution in [3.63, 3.8) is 0 Å². The average molecular weight is 189 g/mol. The number of imidazole rings is 1. The van der Waals surface area contributed by atoms with Gasteiger partial charge in [0.1, 0.15) is 17.8 Å². The first kappa shape index (κ1) is 8.68. The number of rotatable bonds is 2. The monoisotopic (exact) mass is 189 g/mol. The summed E-state index contributed by atoms with van der Waals surface area (Å²) in [6.07, 6.45) is 5.16. The molecule has 0 aliphatic carbocycles. The molecule has 0 spiro atoms. The maximum Gasteiger partial charge on any atom is 0.158 e. The van der Waals surface area contributed by atoms with Crippen LogP contribution in [0.5, 0.6) is 0 Å². The summed E-state index contributed by atoms with van der Waals surface area (Å²) >= 11 is 0. The summed E-state index contributed by atoms with van der Waals surface area (Å²) in [5, 5.41) is 2.96. The van der Waals surface area contributed by atoms with E-state index in [4.69, 9.17) is 0 Å². The first-order chi connectivity index (χ1) is 6.81. The number of aromatic nitrogens is 4. The molecule has 2 aromatic rings. The average Bonchev–Trinajstić information content (AvgIpc) is 2.65. The molecule has 0 saturated carbocycles. The molecule has 2 aromatic heterocycles. The highest BCUT2D eigenvalue weighted by molar-refractivity contribution is 5.54. The topological polar surface area (TPSA) is 55.6 Å². The van der Waals surface area contributed by atoms with E-state index in [2.05, 4.69) is 20.3 Å². The molecule has 0 amide bonds. The molecule has 2 rings (SSSR count). The Morgan fingerprint density at radius 1 is 1.29 bits per heavy atom. The zero-order valence-electron chi connectivity index (χ0n) is 8.10. The van der Waals surface area contributed by atoms with E-state index in [0.717, 1.165) is 17.3 Å². The number of hydrogen-bond donors (Lipinski definition) is 1. The quantitative estimate of drug-likeness (QED) is 0.763. The molecule has 0 saturated heterocycles. The Bertz CT molecular complexity index is 434. The zero-order chi connectivity index (χ0) is 9.97. The lowest BCUT2D eigenvalue weighted by Gasteiger charge is -2.02. The summed E-state index contributed by atoms with van der Waals surface area (Å²) in [7, 11) is 3.76. The summed E-state index contributed by atoms with van der Waals surface area (Å²) in [5.74, 6) is 1.63. The zero-order valence-corrected chi connectivity index (χ0v) is 8.10. The highest BCUT2D eigenvalue weighted by atomic mass is 15.1. The van der Waals surface area contributed by atoms with Gasteiger partial charge in [-0.3, -0.25) is 0 Å². The minimum Gasteiger partial charge on any atom is -0.373 e. The minimum absolute atomic E-state index is 0.790. The fourth-order valence-corrected chi connectivity index (χ4v) is 1.23. The van der Waals surface area contributed by atoms with Gasteiger partial charge < -0.3 is 9.88 Å². The fourth-order valence-electron chi connectivity index (χ4n) is 1.23. The first-order valence-corrected chi connectivity index (χ1v) is 4.29. The summed E-state index contributed by atoms with van der Waals surface area (Å²) in [4.78, 5) is 12.4. The van der Waals surface area contributed by atoms with E-state index in [1.807, 2.05) is 30.9 Å². The molecule has 0 unspecified atom stereocenters. The molecule has 0 radical (unpaired) electrons. The van der Waals surface area contributed by atoms with Gasteiger partial charge in [0.05, 0.1) is 0 Å². The van der Waals surface area contributed by atoms with Crippen LogP contribution in [0.3, 0.4) is 0 Å². The van der Waals surface area contributed by atoms with Gasteiger partial charge >= 0.3 is 0 Å². The molecule has 14 heavy (non-hydrogen) atoms. The lowest BCUT2D eigenvalue weighted by Crippen LogP contribution is -1.97. The van der Waals surface area contributed by atoms with Gasteiger partial charge in [-0.05, 0) is 0 Å². The van der Waals surface area contributed by atoms with E-state index in [1.165, 1.54) is 6.33 Å². The second kappa shape index (κ2) is 3.45. The van der Waals surface area contributed by atoms with Crippen molar-refractivity contribution in [3.8, 4) is 11.5 Å². The van der Waals surface area contributed by atoms with Gasteiger partial charge in [-0.25, -0.2) is 15.0 Å². The highest BCUT2D eigenvalue weighted by Crippen LogP contribution is 2.15. The van der Waals surface area contributed by atoms with Crippen LogP contribution in [0.25, 0.3) is 11.5 Å². The lowest BCUT2D eigenvalue weighted by molar-refractivity contribution is 0.915. The van der Waals surface area contributed by atoms with E-state index in [-0.39, 0.29) is 0 Å². The van der Waals surface area contributed by atoms with E-state index in [0.29, 0.717) is 0 Å². The van der Waals surface area contributed by atoms with Crippen molar-refractivity contribution in [1.82, 2.24) is 19.5 Å². The highest BCUT2D eigenvalue weighted by Gasteiger charge is 2.05. The molecule has 0 bridgehead atoms. The van der Waals surface area contributed by atoms with Gasteiger partial charge in [0, 0.05) is 32.6 Å². The van der Waals surface area contributed by atoms with Crippen molar-refractivity contribution in [2.45, 2.75) is 0 Å². The maximum absolute atomic E-state index is 4.21. The van der Waals surface area contributed by atoms with Gasteiger partial charge in [-0.1, -0.05) is 0 Å². The van der Waals surface area contributed by atoms with Crippen molar-refractivity contribution in [2.75, 3.05) is 12.4 Å². The molecule has 0 aromatic carbocycles. The Hall–Kier alpha value is -1.91. The second-order valence-corrected chi connectivity index (χ2v) is 2.90.